The maximum atomic E-state index is 10.3. The molecule has 10 heavy (non-hydrogen) atoms. The number of rotatable bonds is 4. The van der Waals surface area contributed by atoms with Crippen LogP contribution < -0.4 is 16.8 Å². The Bertz CT molecular complexity index is 146. The van der Waals surface area contributed by atoms with Gasteiger partial charge in [0.25, 0.3) is 0 Å². The van der Waals surface area contributed by atoms with Gasteiger partial charge in [-0.25, -0.2) is 0 Å². The molecule has 0 aromatic heterocycles. The van der Waals surface area contributed by atoms with Crippen molar-refractivity contribution in [3.05, 3.63) is 0 Å². The Morgan fingerprint density at radius 1 is 1.50 bits per heavy atom. The number of primary amides is 2. The Labute approximate surface area is 58.8 Å². The third-order valence-electron chi connectivity index (χ3n) is 1.01. The molecule has 1 unspecified atom stereocenters. The van der Waals surface area contributed by atoms with Gasteiger partial charge in [0.15, 0.2) is 0 Å². The molecular weight excluding hydrogens is 134 g/mol. The van der Waals surface area contributed by atoms with E-state index in [1.807, 2.05) is 0 Å². The molecule has 0 bridgehead atoms. The lowest BCUT2D eigenvalue weighted by Crippen LogP contribution is -2.42. The van der Waals surface area contributed by atoms with Crippen molar-refractivity contribution in [3.63, 3.8) is 0 Å². The van der Waals surface area contributed by atoms with Crippen LogP contribution in [0.1, 0.15) is 6.92 Å². The zero-order valence-electron chi connectivity index (χ0n) is 5.76. The molecule has 0 saturated carbocycles. The highest BCUT2D eigenvalue weighted by Crippen LogP contribution is 1.75. The van der Waals surface area contributed by atoms with Crippen LogP contribution in [0.5, 0.6) is 0 Å². The number of nitrogens with two attached hydrogens (primary N) is 2. The largest absolute Gasteiger partial charge is 0.369 e. The highest BCUT2D eigenvalue weighted by molar-refractivity contribution is 5.81. The van der Waals surface area contributed by atoms with Crippen LogP contribution in [0.2, 0.25) is 0 Å². The third-order valence-corrected chi connectivity index (χ3v) is 1.01. The van der Waals surface area contributed by atoms with Crippen LogP contribution in [0.4, 0.5) is 0 Å². The second-order valence-electron chi connectivity index (χ2n) is 1.97. The second kappa shape index (κ2) is 3.84. The summed E-state index contributed by atoms with van der Waals surface area (Å²) in [5, 5.41) is 2.53. The Morgan fingerprint density at radius 2 is 2.00 bits per heavy atom. The molecule has 0 heterocycles. The van der Waals surface area contributed by atoms with Gasteiger partial charge in [0, 0.05) is 0 Å². The standard InChI is InChI=1S/C5H11N3O2/c1-3(5(7)10)8-2-4(6)9/h3,8H,2H2,1H3,(H2,6,9)(H2,7,10). The van der Waals surface area contributed by atoms with E-state index in [1.54, 1.807) is 6.92 Å². The van der Waals surface area contributed by atoms with Gasteiger partial charge in [-0.05, 0) is 6.92 Å². The van der Waals surface area contributed by atoms with Gasteiger partial charge in [-0.15, -0.1) is 0 Å². The average molecular weight is 145 g/mol. The Kier molecular flexibility index (Phi) is 3.42. The van der Waals surface area contributed by atoms with Crippen molar-refractivity contribution in [2.45, 2.75) is 13.0 Å². The SMILES string of the molecule is CC(NCC(N)=O)C(N)=O. The summed E-state index contributed by atoms with van der Waals surface area (Å²) in [7, 11) is 0. The van der Waals surface area contributed by atoms with Crippen LogP contribution >= 0.6 is 0 Å². The van der Waals surface area contributed by atoms with Crippen molar-refractivity contribution in [2.24, 2.45) is 11.5 Å². The molecule has 5 heteroatoms. The lowest BCUT2D eigenvalue weighted by atomic mass is 10.3. The minimum Gasteiger partial charge on any atom is -0.369 e. The fourth-order valence-electron chi connectivity index (χ4n) is 0.354. The summed E-state index contributed by atoms with van der Waals surface area (Å²) >= 11 is 0. The van der Waals surface area contributed by atoms with Crippen molar-refractivity contribution >= 4 is 11.8 Å². The molecule has 0 saturated heterocycles. The maximum Gasteiger partial charge on any atom is 0.234 e. The lowest BCUT2D eigenvalue weighted by Gasteiger charge is -2.06. The van der Waals surface area contributed by atoms with Gasteiger partial charge < -0.3 is 11.5 Å². The van der Waals surface area contributed by atoms with Crippen molar-refractivity contribution in [2.75, 3.05) is 6.54 Å². The Balaban J connectivity index is 3.49. The summed E-state index contributed by atoms with van der Waals surface area (Å²) < 4.78 is 0. The summed E-state index contributed by atoms with van der Waals surface area (Å²) in [6, 6.07) is -0.507. The van der Waals surface area contributed by atoms with Crippen molar-refractivity contribution < 1.29 is 9.59 Å². The van der Waals surface area contributed by atoms with Gasteiger partial charge in [0.1, 0.15) is 0 Å². The molecule has 0 aromatic rings. The van der Waals surface area contributed by atoms with Crippen LogP contribution in [0, 0.1) is 0 Å². The van der Waals surface area contributed by atoms with E-state index >= 15 is 0 Å². The van der Waals surface area contributed by atoms with E-state index in [-0.39, 0.29) is 6.54 Å². The third kappa shape index (κ3) is 3.85. The molecule has 5 nitrogen and oxygen atoms in total. The van der Waals surface area contributed by atoms with Crippen molar-refractivity contribution in [1.82, 2.24) is 5.32 Å². The molecule has 0 radical (unpaired) electrons. The topological polar surface area (TPSA) is 98.2 Å². The predicted octanol–water partition coefficient (Wildman–Crippen LogP) is -2.06. The van der Waals surface area contributed by atoms with E-state index in [1.165, 1.54) is 0 Å². The average Bonchev–Trinajstić information content (AvgIpc) is 1.82. The molecule has 1 atom stereocenters. The predicted molar refractivity (Wildman–Crippen MR) is 35.9 cm³/mol. The number of hydrogen-bond donors (Lipinski definition) is 3. The monoisotopic (exact) mass is 145 g/mol. The van der Waals surface area contributed by atoms with E-state index < -0.39 is 17.9 Å². The maximum absolute atomic E-state index is 10.3. The van der Waals surface area contributed by atoms with Gasteiger partial charge >= 0.3 is 0 Å². The first-order valence-electron chi connectivity index (χ1n) is 2.85. The number of hydrogen-bond acceptors (Lipinski definition) is 3. The Hall–Kier alpha value is -1.10. The Morgan fingerprint density at radius 3 is 2.30 bits per heavy atom. The molecule has 2 amide bonds. The van der Waals surface area contributed by atoms with Crippen LogP contribution in [0.25, 0.3) is 0 Å². The lowest BCUT2D eigenvalue weighted by molar-refractivity contribution is -0.120. The highest BCUT2D eigenvalue weighted by Gasteiger charge is 2.07. The minimum absolute atomic E-state index is 0.0237. The van der Waals surface area contributed by atoms with Gasteiger partial charge in [-0.3, -0.25) is 14.9 Å². The van der Waals surface area contributed by atoms with Crippen LogP contribution in [-0.2, 0) is 9.59 Å². The molecule has 0 spiro atoms. The summed E-state index contributed by atoms with van der Waals surface area (Å²) in [4.78, 5) is 20.5. The number of carbonyl (C=O) groups is 2. The summed E-state index contributed by atoms with van der Waals surface area (Å²) in [6.45, 7) is 1.54. The smallest absolute Gasteiger partial charge is 0.234 e. The molecule has 0 aliphatic rings. The first-order chi connectivity index (χ1) is 4.54. The van der Waals surface area contributed by atoms with Crippen LogP contribution in [0.3, 0.4) is 0 Å². The number of nitrogens with one attached hydrogen (secondary N) is 1. The molecule has 5 N–H and O–H groups in total. The van der Waals surface area contributed by atoms with Crippen molar-refractivity contribution in [3.8, 4) is 0 Å². The normalized spacial score (nSPS) is 12.5. The van der Waals surface area contributed by atoms with Crippen LogP contribution in [-0.4, -0.2) is 24.4 Å². The van der Waals surface area contributed by atoms with Crippen molar-refractivity contribution in [1.29, 1.82) is 0 Å². The molecular formula is C5H11N3O2. The molecule has 0 aliphatic heterocycles. The molecule has 0 aromatic carbocycles. The zero-order chi connectivity index (χ0) is 8.15. The molecule has 0 aliphatic carbocycles. The van der Waals surface area contributed by atoms with Gasteiger partial charge in [0.2, 0.25) is 11.8 Å². The minimum atomic E-state index is -0.507. The van der Waals surface area contributed by atoms with E-state index in [0.717, 1.165) is 0 Å². The molecule has 58 valence electrons. The summed E-state index contributed by atoms with van der Waals surface area (Å²) in [5.74, 6) is -1.01. The number of amides is 2. The van der Waals surface area contributed by atoms with E-state index in [2.05, 4.69) is 5.32 Å². The number of carbonyl (C=O) groups excluding carboxylic acids is 2. The fourth-order valence-corrected chi connectivity index (χ4v) is 0.354. The van der Waals surface area contributed by atoms with E-state index in [4.69, 9.17) is 11.5 Å². The first kappa shape index (κ1) is 8.90. The summed E-state index contributed by atoms with van der Waals surface area (Å²) in [5.41, 5.74) is 9.66. The van der Waals surface area contributed by atoms with Gasteiger partial charge in [-0.2, -0.15) is 0 Å². The van der Waals surface area contributed by atoms with E-state index in [9.17, 15) is 9.59 Å². The highest BCUT2D eigenvalue weighted by atomic mass is 16.2. The quantitative estimate of drug-likeness (QED) is 0.424. The second-order valence-corrected chi connectivity index (χ2v) is 1.97. The zero-order valence-corrected chi connectivity index (χ0v) is 5.76. The van der Waals surface area contributed by atoms with Gasteiger partial charge in [-0.1, -0.05) is 0 Å². The molecule has 0 fully saturated rings. The fraction of sp³-hybridized carbons (Fsp3) is 0.600. The summed E-state index contributed by atoms with van der Waals surface area (Å²) in [6.07, 6.45) is 0. The van der Waals surface area contributed by atoms with Crippen LogP contribution in [0.15, 0.2) is 0 Å². The van der Waals surface area contributed by atoms with E-state index in [0.29, 0.717) is 0 Å². The molecule has 0 rings (SSSR count). The van der Waals surface area contributed by atoms with Gasteiger partial charge in [0.05, 0.1) is 12.6 Å². The first-order valence-corrected chi connectivity index (χ1v) is 2.85.